The van der Waals surface area contributed by atoms with Crippen LogP contribution in [0.25, 0.3) is 0 Å². The molecule has 6 heteroatoms. The van der Waals surface area contributed by atoms with E-state index in [0.717, 1.165) is 21.3 Å². The third kappa shape index (κ3) is 2.82. The lowest BCUT2D eigenvalue weighted by molar-refractivity contribution is -0.137. The van der Waals surface area contributed by atoms with Gasteiger partial charge in [0.1, 0.15) is 5.75 Å². The van der Waals surface area contributed by atoms with Crippen molar-refractivity contribution in [2.45, 2.75) is 25.5 Å². The van der Waals surface area contributed by atoms with Gasteiger partial charge in [0, 0.05) is 22.5 Å². The van der Waals surface area contributed by atoms with Crippen LogP contribution in [0, 0.1) is 0 Å². The normalized spacial score (nSPS) is 15.7. The van der Waals surface area contributed by atoms with Crippen molar-refractivity contribution in [1.82, 2.24) is 0 Å². The molecule has 18 heavy (non-hydrogen) atoms. The number of benzene rings is 1. The van der Waals surface area contributed by atoms with Gasteiger partial charge in [0.15, 0.2) is 6.79 Å². The summed E-state index contributed by atoms with van der Waals surface area (Å²) in [5.74, 6) is -0.0934. The number of carboxylic acids is 1. The van der Waals surface area contributed by atoms with Crippen molar-refractivity contribution in [2.24, 2.45) is 5.73 Å². The number of fused-ring (bicyclic) bond motifs is 1. The number of carboxylic acid groups (broad SMARTS) is 1. The van der Waals surface area contributed by atoms with Gasteiger partial charge < -0.3 is 20.3 Å². The number of nitrogens with two attached hydrogens (primary N) is 1. The van der Waals surface area contributed by atoms with Gasteiger partial charge in [0.25, 0.3) is 0 Å². The van der Waals surface area contributed by atoms with Crippen LogP contribution in [0.2, 0.25) is 0 Å². The molecule has 2 rings (SSSR count). The molecule has 0 saturated heterocycles. The van der Waals surface area contributed by atoms with E-state index in [9.17, 15) is 4.79 Å². The predicted molar refractivity (Wildman–Crippen MR) is 68.2 cm³/mol. The molecular weight excluding hydrogens is 302 g/mol. The van der Waals surface area contributed by atoms with Gasteiger partial charge in [-0.15, -0.1) is 0 Å². The molecule has 1 unspecified atom stereocenters. The number of carbonyl (C=O) groups is 1. The fraction of sp³-hybridized carbons (Fsp3) is 0.417. The molecule has 1 aromatic carbocycles. The van der Waals surface area contributed by atoms with E-state index >= 15 is 0 Å². The summed E-state index contributed by atoms with van der Waals surface area (Å²) < 4.78 is 11.5. The van der Waals surface area contributed by atoms with Crippen LogP contribution in [-0.2, 0) is 16.1 Å². The first kappa shape index (κ1) is 13.3. The lowest BCUT2D eigenvalue weighted by Gasteiger charge is -2.24. The van der Waals surface area contributed by atoms with Gasteiger partial charge in [0.2, 0.25) is 0 Å². The first-order valence-electron chi connectivity index (χ1n) is 5.58. The molecule has 1 aliphatic heterocycles. The van der Waals surface area contributed by atoms with Gasteiger partial charge in [-0.1, -0.05) is 15.9 Å². The number of aliphatic carboxylic acids is 1. The molecule has 0 radical (unpaired) electrons. The molecule has 1 aliphatic rings. The summed E-state index contributed by atoms with van der Waals surface area (Å²) in [5.41, 5.74) is 7.83. The second kappa shape index (κ2) is 5.69. The van der Waals surface area contributed by atoms with Crippen molar-refractivity contribution in [3.63, 3.8) is 0 Å². The van der Waals surface area contributed by atoms with Gasteiger partial charge in [-0.2, -0.15) is 0 Å². The Bertz CT molecular complexity index is 464. The van der Waals surface area contributed by atoms with E-state index in [4.69, 9.17) is 20.3 Å². The standard InChI is InChI=1S/C12H14BrNO4/c13-8-1-3-10-7(5-17-6-18-10)12(8)9(14)2-4-11(15)16/h1,3,9H,2,4-6,14H2,(H,15,16). The first-order valence-corrected chi connectivity index (χ1v) is 6.38. The van der Waals surface area contributed by atoms with Crippen LogP contribution in [0.4, 0.5) is 0 Å². The summed E-state index contributed by atoms with van der Waals surface area (Å²) in [6, 6.07) is 3.37. The van der Waals surface area contributed by atoms with Crippen molar-refractivity contribution in [1.29, 1.82) is 0 Å². The maximum atomic E-state index is 10.6. The highest BCUT2D eigenvalue weighted by Crippen LogP contribution is 2.36. The molecule has 1 aromatic rings. The molecule has 98 valence electrons. The van der Waals surface area contributed by atoms with Crippen LogP contribution in [0.1, 0.15) is 30.0 Å². The number of rotatable bonds is 4. The largest absolute Gasteiger partial charge is 0.481 e. The molecule has 0 saturated carbocycles. The molecule has 5 nitrogen and oxygen atoms in total. The van der Waals surface area contributed by atoms with Crippen LogP contribution in [0.15, 0.2) is 16.6 Å². The molecule has 0 aliphatic carbocycles. The second-order valence-electron chi connectivity index (χ2n) is 4.09. The Labute approximate surface area is 113 Å². The molecule has 0 amide bonds. The van der Waals surface area contributed by atoms with E-state index in [1.165, 1.54) is 0 Å². The number of hydrogen-bond donors (Lipinski definition) is 2. The third-order valence-corrected chi connectivity index (χ3v) is 3.54. The smallest absolute Gasteiger partial charge is 0.303 e. The molecule has 1 atom stereocenters. The molecule has 0 fully saturated rings. The molecule has 0 bridgehead atoms. The highest BCUT2D eigenvalue weighted by Gasteiger charge is 2.21. The van der Waals surface area contributed by atoms with Gasteiger partial charge in [-0.3, -0.25) is 4.79 Å². The topological polar surface area (TPSA) is 81.8 Å². The van der Waals surface area contributed by atoms with Crippen molar-refractivity contribution >= 4 is 21.9 Å². The zero-order valence-corrected chi connectivity index (χ0v) is 11.3. The summed E-state index contributed by atoms with van der Waals surface area (Å²) >= 11 is 3.44. The van der Waals surface area contributed by atoms with Gasteiger partial charge in [-0.25, -0.2) is 0 Å². The fourth-order valence-electron chi connectivity index (χ4n) is 1.97. The Morgan fingerprint density at radius 1 is 1.56 bits per heavy atom. The van der Waals surface area contributed by atoms with Gasteiger partial charge in [0.05, 0.1) is 6.61 Å². The Balaban J connectivity index is 2.27. The lowest BCUT2D eigenvalue weighted by Crippen LogP contribution is -2.19. The van der Waals surface area contributed by atoms with Crippen molar-refractivity contribution in [2.75, 3.05) is 6.79 Å². The highest BCUT2D eigenvalue weighted by molar-refractivity contribution is 9.10. The molecule has 1 heterocycles. The Morgan fingerprint density at radius 3 is 3.06 bits per heavy atom. The van der Waals surface area contributed by atoms with Crippen LogP contribution in [0.5, 0.6) is 5.75 Å². The summed E-state index contributed by atoms with van der Waals surface area (Å²) in [6.45, 7) is 0.670. The average molecular weight is 316 g/mol. The maximum absolute atomic E-state index is 10.6. The van der Waals surface area contributed by atoms with Crippen LogP contribution in [-0.4, -0.2) is 17.9 Å². The second-order valence-corrected chi connectivity index (χ2v) is 4.94. The van der Waals surface area contributed by atoms with E-state index in [2.05, 4.69) is 15.9 Å². The molecule has 0 spiro atoms. The number of halogens is 1. The zero-order chi connectivity index (χ0) is 13.1. The monoisotopic (exact) mass is 315 g/mol. The summed E-state index contributed by atoms with van der Waals surface area (Å²) in [6.07, 6.45) is 0.420. The Hall–Kier alpha value is -1.11. The maximum Gasteiger partial charge on any atom is 0.303 e. The van der Waals surface area contributed by atoms with Crippen molar-refractivity contribution < 1.29 is 19.4 Å². The molecular formula is C12H14BrNO4. The summed E-state index contributed by atoms with van der Waals surface area (Å²) in [5, 5.41) is 8.70. The van der Waals surface area contributed by atoms with Crippen LogP contribution < -0.4 is 10.5 Å². The number of hydrogen-bond acceptors (Lipinski definition) is 4. The lowest BCUT2D eigenvalue weighted by atomic mass is 9.97. The molecule has 3 N–H and O–H groups in total. The van der Waals surface area contributed by atoms with Crippen molar-refractivity contribution in [3.05, 3.63) is 27.7 Å². The number of ether oxygens (including phenoxy) is 2. The summed E-state index contributed by atoms with van der Waals surface area (Å²) in [4.78, 5) is 10.6. The van der Waals surface area contributed by atoms with E-state index in [-0.39, 0.29) is 19.3 Å². The zero-order valence-electron chi connectivity index (χ0n) is 9.69. The van der Waals surface area contributed by atoms with E-state index in [1.54, 1.807) is 0 Å². The summed E-state index contributed by atoms with van der Waals surface area (Å²) in [7, 11) is 0. The minimum Gasteiger partial charge on any atom is -0.481 e. The van der Waals surface area contributed by atoms with Crippen LogP contribution in [0.3, 0.4) is 0 Å². The van der Waals surface area contributed by atoms with E-state index < -0.39 is 5.97 Å². The Morgan fingerprint density at radius 2 is 2.33 bits per heavy atom. The predicted octanol–water partition coefficient (Wildman–Crippen LogP) is 2.18. The quantitative estimate of drug-likeness (QED) is 0.890. The van der Waals surface area contributed by atoms with Gasteiger partial charge >= 0.3 is 5.97 Å². The van der Waals surface area contributed by atoms with Gasteiger partial charge in [-0.05, 0) is 24.1 Å². The highest BCUT2D eigenvalue weighted by atomic mass is 79.9. The van der Waals surface area contributed by atoms with E-state index in [1.807, 2.05) is 12.1 Å². The first-order chi connectivity index (χ1) is 8.59. The minimum absolute atomic E-state index is 0.0407. The molecule has 0 aromatic heterocycles. The SMILES string of the molecule is NC(CCC(=O)O)c1c(Br)ccc2c1COCO2. The Kier molecular flexibility index (Phi) is 4.21. The minimum atomic E-state index is -0.848. The van der Waals surface area contributed by atoms with Crippen LogP contribution >= 0.6 is 15.9 Å². The third-order valence-electron chi connectivity index (χ3n) is 2.85. The van der Waals surface area contributed by atoms with E-state index in [0.29, 0.717) is 13.0 Å². The fourth-order valence-corrected chi connectivity index (χ4v) is 2.64. The van der Waals surface area contributed by atoms with Crippen molar-refractivity contribution in [3.8, 4) is 5.75 Å². The average Bonchev–Trinajstić information content (AvgIpc) is 2.36.